The Hall–Kier alpha value is -2.50. The van der Waals surface area contributed by atoms with Gasteiger partial charge in [0, 0.05) is 23.3 Å². The van der Waals surface area contributed by atoms with Crippen LogP contribution in [0.1, 0.15) is 23.1 Å². The van der Waals surface area contributed by atoms with E-state index in [2.05, 4.69) is 10.2 Å². The molecule has 2 aromatic carbocycles. The first kappa shape index (κ1) is 15.1. The summed E-state index contributed by atoms with van der Waals surface area (Å²) in [5.74, 6) is 0.328. The molecule has 0 bridgehead atoms. The van der Waals surface area contributed by atoms with Crippen molar-refractivity contribution in [1.29, 1.82) is 0 Å². The molecular weight excluding hydrogens is 329 g/mol. The summed E-state index contributed by atoms with van der Waals surface area (Å²) in [6, 6.07) is 12.1. The van der Waals surface area contributed by atoms with E-state index in [9.17, 15) is 4.39 Å². The van der Waals surface area contributed by atoms with E-state index < -0.39 is 6.10 Å². The molecule has 0 N–H and O–H groups in total. The Morgan fingerprint density at radius 2 is 2.00 bits per heavy atom. The normalized spacial score (nSPS) is 16.1. The first-order valence-electron chi connectivity index (χ1n) is 7.39. The fourth-order valence-corrected chi connectivity index (χ4v) is 3.13. The van der Waals surface area contributed by atoms with Gasteiger partial charge in [0.1, 0.15) is 18.2 Å². The van der Waals surface area contributed by atoms with Crippen LogP contribution in [0.15, 0.2) is 54.9 Å². The lowest BCUT2D eigenvalue weighted by atomic mass is 9.95. The summed E-state index contributed by atoms with van der Waals surface area (Å²) in [6.45, 7) is 0. The van der Waals surface area contributed by atoms with Gasteiger partial charge in [-0.2, -0.15) is 0 Å². The molecule has 1 aromatic heterocycles. The number of rotatable bonds is 2. The highest BCUT2D eigenvalue weighted by Gasteiger charge is 2.26. The third kappa shape index (κ3) is 2.33. The number of hydrogen-bond acceptors (Lipinski definition) is 3. The average molecular weight is 342 g/mol. The van der Waals surface area contributed by atoms with Crippen LogP contribution in [0.3, 0.4) is 0 Å². The highest BCUT2D eigenvalue weighted by atomic mass is 35.5. The van der Waals surface area contributed by atoms with Gasteiger partial charge in [0.05, 0.1) is 5.69 Å². The number of fused-ring (bicyclic) bond motifs is 3. The molecule has 24 heavy (non-hydrogen) atoms. The summed E-state index contributed by atoms with van der Waals surface area (Å²) in [6.07, 6.45) is 3.01. The van der Waals surface area contributed by atoms with Gasteiger partial charge in [0.2, 0.25) is 0 Å². The van der Waals surface area contributed by atoms with E-state index in [0.717, 1.165) is 11.3 Å². The van der Waals surface area contributed by atoms with E-state index in [-0.39, 0.29) is 5.82 Å². The summed E-state index contributed by atoms with van der Waals surface area (Å²) in [5, 5.41) is 8.71. The van der Waals surface area contributed by atoms with Gasteiger partial charge in [-0.1, -0.05) is 29.8 Å². The standard InChI is InChI=1S/C18H13ClFN3O/c1-24-17-9-13(12-4-2-3-5-15(12)20)14-8-11(19)6-7-16(14)23-10-21-22-18(17)23/h2-10,17H,1H3. The van der Waals surface area contributed by atoms with Crippen molar-refractivity contribution in [2.24, 2.45) is 0 Å². The molecule has 120 valence electrons. The van der Waals surface area contributed by atoms with Gasteiger partial charge in [0.15, 0.2) is 5.82 Å². The maximum Gasteiger partial charge on any atom is 0.170 e. The van der Waals surface area contributed by atoms with Crippen LogP contribution < -0.4 is 0 Å². The van der Waals surface area contributed by atoms with Gasteiger partial charge >= 0.3 is 0 Å². The largest absolute Gasteiger partial charge is 0.369 e. The molecule has 4 rings (SSSR count). The molecule has 0 saturated heterocycles. The number of methoxy groups -OCH3 is 1. The topological polar surface area (TPSA) is 39.9 Å². The van der Waals surface area contributed by atoms with Gasteiger partial charge in [0.25, 0.3) is 0 Å². The Labute approximate surface area is 143 Å². The fraction of sp³-hybridized carbons (Fsp3) is 0.111. The molecular formula is C18H13ClFN3O. The highest BCUT2D eigenvalue weighted by molar-refractivity contribution is 6.30. The molecule has 0 saturated carbocycles. The monoisotopic (exact) mass is 341 g/mol. The summed E-state index contributed by atoms with van der Waals surface area (Å²) in [7, 11) is 1.59. The summed E-state index contributed by atoms with van der Waals surface area (Å²) in [5.41, 5.74) is 2.83. The smallest absolute Gasteiger partial charge is 0.170 e. The van der Waals surface area contributed by atoms with Crippen LogP contribution in [-0.2, 0) is 4.74 Å². The summed E-state index contributed by atoms with van der Waals surface area (Å²) >= 11 is 6.20. The van der Waals surface area contributed by atoms with Crippen LogP contribution in [0.2, 0.25) is 5.02 Å². The van der Waals surface area contributed by atoms with Crippen LogP contribution in [-0.4, -0.2) is 21.9 Å². The number of ether oxygens (including phenoxy) is 1. The van der Waals surface area contributed by atoms with Crippen LogP contribution in [0, 0.1) is 5.82 Å². The van der Waals surface area contributed by atoms with Crippen molar-refractivity contribution in [3.63, 3.8) is 0 Å². The molecule has 0 radical (unpaired) electrons. The minimum Gasteiger partial charge on any atom is -0.369 e. The van der Waals surface area contributed by atoms with Gasteiger partial charge in [-0.05, 0) is 35.9 Å². The van der Waals surface area contributed by atoms with E-state index in [1.54, 1.807) is 37.7 Å². The second-order valence-corrected chi connectivity index (χ2v) is 5.87. The van der Waals surface area contributed by atoms with Crippen LogP contribution in [0.4, 0.5) is 4.39 Å². The number of aromatic nitrogens is 3. The Kier molecular flexibility index (Phi) is 3.67. The van der Waals surface area contributed by atoms with Crippen LogP contribution >= 0.6 is 11.6 Å². The lowest BCUT2D eigenvalue weighted by Crippen LogP contribution is -2.06. The molecule has 0 fully saturated rings. The fourth-order valence-electron chi connectivity index (χ4n) is 2.96. The third-order valence-corrected chi connectivity index (χ3v) is 4.31. The van der Waals surface area contributed by atoms with Crippen molar-refractivity contribution >= 4 is 17.2 Å². The minimum absolute atomic E-state index is 0.304. The van der Waals surface area contributed by atoms with Crippen LogP contribution in [0.25, 0.3) is 11.3 Å². The van der Waals surface area contributed by atoms with E-state index in [1.165, 1.54) is 6.07 Å². The van der Waals surface area contributed by atoms with Crippen molar-refractivity contribution in [1.82, 2.24) is 14.8 Å². The number of halogens is 2. The third-order valence-electron chi connectivity index (χ3n) is 4.07. The lowest BCUT2D eigenvalue weighted by Gasteiger charge is -2.13. The van der Waals surface area contributed by atoms with Crippen molar-refractivity contribution in [2.75, 3.05) is 7.11 Å². The predicted molar refractivity (Wildman–Crippen MR) is 89.6 cm³/mol. The van der Waals surface area contributed by atoms with E-state index in [4.69, 9.17) is 16.3 Å². The second kappa shape index (κ2) is 5.85. The number of hydrogen-bond donors (Lipinski definition) is 0. The molecule has 0 spiro atoms. The molecule has 4 nitrogen and oxygen atoms in total. The Morgan fingerprint density at radius 3 is 2.79 bits per heavy atom. The van der Waals surface area contributed by atoms with Gasteiger partial charge in [-0.3, -0.25) is 4.57 Å². The average Bonchev–Trinajstić information content (AvgIpc) is 3.02. The second-order valence-electron chi connectivity index (χ2n) is 5.44. The maximum absolute atomic E-state index is 14.4. The quantitative estimate of drug-likeness (QED) is 0.701. The van der Waals surface area contributed by atoms with Gasteiger partial charge < -0.3 is 4.74 Å². The Balaban J connectivity index is 2.05. The van der Waals surface area contributed by atoms with Crippen LogP contribution in [0.5, 0.6) is 0 Å². The zero-order valence-corrected chi connectivity index (χ0v) is 13.5. The molecule has 6 heteroatoms. The Bertz CT molecular complexity index is 951. The lowest BCUT2D eigenvalue weighted by molar-refractivity contribution is 0.134. The first-order valence-corrected chi connectivity index (χ1v) is 7.76. The minimum atomic E-state index is -0.451. The maximum atomic E-state index is 14.4. The predicted octanol–water partition coefficient (Wildman–Crippen LogP) is 4.19. The molecule has 1 aliphatic heterocycles. The van der Waals surface area contributed by atoms with Crippen molar-refractivity contribution < 1.29 is 9.13 Å². The van der Waals surface area contributed by atoms with Crippen molar-refractivity contribution in [3.8, 4) is 5.69 Å². The van der Waals surface area contributed by atoms with E-state index in [1.807, 2.05) is 22.8 Å². The van der Waals surface area contributed by atoms with Crippen molar-refractivity contribution in [3.05, 3.63) is 82.7 Å². The molecule has 1 atom stereocenters. The molecule has 0 amide bonds. The Morgan fingerprint density at radius 1 is 1.17 bits per heavy atom. The molecule has 3 aromatic rings. The van der Waals surface area contributed by atoms with Gasteiger partial charge in [-0.25, -0.2) is 4.39 Å². The van der Waals surface area contributed by atoms with E-state index >= 15 is 0 Å². The van der Waals surface area contributed by atoms with E-state index in [0.29, 0.717) is 22.0 Å². The number of nitrogens with zero attached hydrogens (tertiary/aromatic N) is 3. The molecule has 2 heterocycles. The summed E-state index contributed by atoms with van der Waals surface area (Å²) < 4.78 is 21.8. The van der Waals surface area contributed by atoms with Crippen molar-refractivity contribution in [2.45, 2.75) is 6.10 Å². The SMILES string of the molecule is COC1C=C(c2ccccc2F)c2cc(Cl)ccc2-n2cnnc21. The molecule has 1 aliphatic rings. The molecule has 0 aliphatic carbocycles. The highest BCUT2D eigenvalue weighted by Crippen LogP contribution is 2.38. The summed E-state index contributed by atoms with van der Waals surface area (Å²) in [4.78, 5) is 0. The van der Waals surface area contributed by atoms with Gasteiger partial charge in [-0.15, -0.1) is 10.2 Å². The first-order chi connectivity index (χ1) is 11.7. The zero-order valence-electron chi connectivity index (χ0n) is 12.8. The zero-order chi connectivity index (χ0) is 16.7. The molecule has 1 unspecified atom stereocenters. The number of benzene rings is 2.